The number of thiazole rings is 1. The van der Waals surface area contributed by atoms with E-state index < -0.39 is 0 Å². The molecule has 1 aromatic carbocycles. The number of aryl methyl sites for hydroxylation is 1. The molecule has 0 fully saturated rings. The molecule has 0 bridgehead atoms. The van der Waals surface area contributed by atoms with Crippen LogP contribution in [0, 0.1) is 6.92 Å². The standard InChI is InChI=1S/C16H20N2O4S/c1-10-18-11(9-23-10)5-16(19)17-8-13-14(21-3)6-12(20-2)7-15(13)22-4/h6-7,9H,5,8H2,1-4H3,(H,17,19). The second kappa shape index (κ2) is 7.82. The molecule has 7 heteroatoms. The van der Waals surface area contributed by atoms with Gasteiger partial charge in [-0.15, -0.1) is 11.3 Å². The molecular weight excluding hydrogens is 316 g/mol. The Morgan fingerprint density at radius 2 is 1.83 bits per heavy atom. The van der Waals surface area contributed by atoms with Gasteiger partial charge < -0.3 is 19.5 Å². The fraction of sp³-hybridized carbons (Fsp3) is 0.375. The molecule has 0 saturated heterocycles. The quantitative estimate of drug-likeness (QED) is 0.840. The van der Waals surface area contributed by atoms with Crippen molar-refractivity contribution in [2.45, 2.75) is 19.9 Å². The van der Waals surface area contributed by atoms with Gasteiger partial charge in [0, 0.05) is 17.5 Å². The topological polar surface area (TPSA) is 69.7 Å². The van der Waals surface area contributed by atoms with Crippen LogP contribution >= 0.6 is 11.3 Å². The lowest BCUT2D eigenvalue weighted by atomic mass is 10.1. The van der Waals surface area contributed by atoms with Crippen molar-refractivity contribution in [1.82, 2.24) is 10.3 Å². The summed E-state index contributed by atoms with van der Waals surface area (Å²) in [5.74, 6) is 1.74. The predicted molar refractivity (Wildman–Crippen MR) is 88.5 cm³/mol. The number of nitrogens with zero attached hydrogens (tertiary/aromatic N) is 1. The fourth-order valence-corrected chi connectivity index (χ4v) is 2.77. The zero-order valence-electron chi connectivity index (χ0n) is 13.6. The van der Waals surface area contributed by atoms with Gasteiger partial charge in [0.05, 0.1) is 50.6 Å². The lowest BCUT2D eigenvalue weighted by molar-refractivity contribution is -0.120. The fourth-order valence-electron chi connectivity index (χ4n) is 2.16. The van der Waals surface area contributed by atoms with Crippen LogP contribution in [0.25, 0.3) is 0 Å². The van der Waals surface area contributed by atoms with Gasteiger partial charge in [0.2, 0.25) is 5.91 Å². The van der Waals surface area contributed by atoms with E-state index in [9.17, 15) is 4.79 Å². The van der Waals surface area contributed by atoms with Gasteiger partial charge in [-0.3, -0.25) is 4.79 Å². The maximum Gasteiger partial charge on any atom is 0.226 e. The zero-order valence-corrected chi connectivity index (χ0v) is 14.5. The van der Waals surface area contributed by atoms with E-state index in [4.69, 9.17) is 14.2 Å². The number of benzene rings is 1. The van der Waals surface area contributed by atoms with Crippen LogP contribution in [0.5, 0.6) is 17.2 Å². The highest BCUT2D eigenvalue weighted by Gasteiger charge is 2.14. The maximum absolute atomic E-state index is 12.1. The highest BCUT2D eigenvalue weighted by atomic mass is 32.1. The Morgan fingerprint density at radius 3 is 2.30 bits per heavy atom. The van der Waals surface area contributed by atoms with Crippen molar-refractivity contribution < 1.29 is 19.0 Å². The number of nitrogens with one attached hydrogen (secondary N) is 1. The minimum atomic E-state index is -0.102. The van der Waals surface area contributed by atoms with Crippen molar-refractivity contribution in [2.24, 2.45) is 0 Å². The number of aromatic nitrogens is 1. The van der Waals surface area contributed by atoms with Crippen LogP contribution in [0.15, 0.2) is 17.5 Å². The van der Waals surface area contributed by atoms with Gasteiger partial charge in [-0.1, -0.05) is 0 Å². The minimum absolute atomic E-state index is 0.102. The van der Waals surface area contributed by atoms with Crippen molar-refractivity contribution in [3.63, 3.8) is 0 Å². The zero-order chi connectivity index (χ0) is 16.8. The van der Waals surface area contributed by atoms with Crippen molar-refractivity contribution in [3.8, 4) is 17.2 Å². The molecule has 0 unspecified atom stereocenters. The van der Waals surface area contributed by atoms with E-state index >= 15 is 0 Å². The molecular formula is C16H20N2O4S. The van der Waals surface area contributed by atoms with E-state index in [2.05, 4.69) is 10.3 Å². The Bertz CT molecular complexity index is 659. The maximum atomic E-state index is 12.1. The molecule has 1 heterocycles. The van der Waals surface area contributed by atoms with E-state index in [-0.39, 0.29) is 12.3 Å². The third-order valence-corrected chi connectivity index (χ3v) is 4.11. The van der Waals surface area contributed by atoms with E-state index in [1.807, 2.05) is 12.3 Å². The van der Waals surface area contributed by atoms with E-state index in [1.165, 1.54) is 11.3 Å². The molecule has 1 aromatic heterocycles. The SMILES string of the molecule is COc1cc(OC)c(CNC(=O)Cc2csc(C)n2)c(OC)c1. The molecule has 2 aromatic rings. The number of ether oxygens (including phenoxy) is 3. The molecule has 0 aliphatic rings. The van der Waals surface area contributed by atoms with Crippen molar-refractivity contribution in [2.75, 3.05) is 21.3 Å². The summed E-state index contributed by atoms with van der Waals surface area (Å²) in [5.41, 5.74) is 1.54. The first-order valence-corrected chi connectivity index (χ1v) is 7.92. The summed E-state index contributed by atoms with van der Waals surface area (Å²) < 4.78 is 15.9. The van der Waals surface area contributed by atoms with Gasteiger partial charge in [0.1, 0.15) is 17.2 Å². The largest absolute Gasteiger partial charge is 0.496 e. The summed E-state index contributed by atoms with van der Waals surface area (Å²) in [6, 6.07) is 3.52. The Kier molecular flexibility index (Phi) is 5.81. The van der Waals surface area contributed by atoms with E-state index in [1.54, 1.807) is 33.5 Å². The average Bonchev–Trinajstić information content (AvgIpc) is 2.96. The lowest BCUT2D eigenvalue weighted by Crippen LogP contribution is -2.25. The first kappa shape index (κ1) is 17.1. The molecule has 0 atom stereocenters. The predicted octanol–water partition coefficient (Wildman–Crippen LogP) is 2.34. The molecule has 0 aliphatic carbocycles. The molecule has 6 nitrogen and oxygen atoms in total. The second-order valence-corrected chi connectivity index (χ2v) is 5.88. The average molecular weight is 336 g/mol. The van der Waals surface area contributed by atoms with Crippen LogP contribution in [0.2, 0.25) is 0 Å². The molecule has 0 spiro atoms. The summed E-state index contributed by atoms with van der Waals surface area (Å²) in [6.07, 6.45) is 0.255. The van der Waals surface area contributed by atoms with Crippen molar-refractivity contribution in [3.05, 3.63) is 33.8 Å². The molecule has 124 valence electrons. The van der Waals surface area contributed by atoms with E-state index in [0.717, 1.165) is 16.3 Å². The molecule has 0 aliphatic heterocycles. The van der Waals surface area contributed by atoms with Crippen LogP contribution in [-0.4, -0.2) is 32.2 Å². The number of hydrogen-bond acceptors (Lipinski definition) is 6. The molecule has 1 N–H and O–H groups in total. The summed E-state index contributed by atoms with van der Waals surface area (Å²) in [7, 11) is 4.71. The number of methoxy groups -OCH3 is 3. The Morgan fingerprint density at radius 1 is 1.17 bits per heavy atom. The molecule has 0 radical (unpaired) electrons. The normalized spacial score (nSPS) is 10.3. The third-order valence-electron chi connectivity index (χ3n) is 3.29. The number of amides is 1. The van der Waals surface area contributed by atoms with Gasteiger partial charge in [-0.05, 0) is 6.92 Å². The van der Waals surface area contributed by atoms with Gasteiger partial charge in [-0.2, -0.15) is 0 Å². The summed E-state index contributed by atoms with van der Waals surface area (Å²) in [5, 5.41) is 5.71. The van der Waals surface area contributed by atoms with Crippen LogP contribution in [-0.2, 0) is 17.8 Å². The van der Waals surface area contributed by atoms with Gasteiger partial charge in [-0.25, -0.2) is 4.98 Å². The molecule has 0 saturated carbocycles. The number of carbonyl (C=O) groups is 1. The number of rotatable bonds is 7. The first-order chi connectivity index (χ1) is 11.1. The van der Waals surface area contributed by atoms with Crippen LogP contribution in [0.3, 0.4) is 0 Å². The van der Waals surface area contributed by atoms with Crippen molar-refractivity contribution >= 4 is 17.2 Å². The lowest BCUT2D eigenvalue weighted by Gasteiger charge is -2.15. The number of hydrogen-bond donors (Lipinski definition) is 1. The summed E-state index contributed by atoms with van der Waals surface area (Å²) >= 11 is 1.53. The molecule has 2 rings (SSSR count). The second-order valence-electron chi connectivity index (χ2n) is 4.82. The Hall–Kier alpha value is -2.28. The monoisotopic (exact) mass is 336 g/mol. The minimum Gasteiger partial charge on any atom is -0.496 e. The smallest absolute Gasteiger partial charge is 0.226 e. The highest BCUT2D eigenvalue weighted by Crippen LogP contribution is 2.33. The highest BCUT2D eigenvalue weighted by molar-refractivity contribution is 7.09. The van der Waals surface area contributed by atoms with E-state index in [0.29, 0.717) is 23.8 Å². The van der Waals surface area contributed by atoms with Gasteiger partial charge >= 0.3 is 0 Å². The van der Waals surface area contributed by atoms with Gasteiger partial charge in [0.15, 0.2) is 0 Å². The first-order valence-electron chi connectivity index (χ1n) is 7.04. The molecule has 1 amide bonds. The summed E-state index contributed by atoms with van der Waals surface area (Å²) in [6.45, 7) is 2.22. The van der Waals surface area contributed by atoms with Crippen LogP contribution in [0.1, 0.15) is 16.3 Å². The van der Waals surface area contributed by atoms with Crippen LogP contribution in [0.4, 0.5) is 0 Å². The number of carbonyl (C=O) groups excluding carboxylic acids is 1. The molecule has 23 heavy (non-hydrogen) atoms. The Balaban J connectivity index is 2.08. The summed E-state index contributed by atoms with van der Waals surface area (Å²) in [4.78, 5) is 16.4. The van der Waals surface area contributed by atoms with Gasteiger partial charge in [0.25, 0.3) is 0 Å². The van der Waals surface area contributed by atoms with Crippen LogP contribution < -0.4 is 19.5 Å². The third kappa shape index (κ3) is 4.35. The Labute approximate surface area is 139 Å². The van der Waals surface area contributed by atoms with Crippen molar-refractivity contribution in [1.29, 1.82) is 0 Å².